The fourth-order valence-corrected chi connectivity index (χ4v) is 2.81. The molecule has 0 saturated heterocycles. The van der Waals surface area contributed by atoms with Crippen LogP contribution in [0.1, 0.15) is 15.9 Å². The monoisotopic (exact) mass is 356 g/mol. The molecule has 2 aromatic heterocycles. The summed E-state index contributed by atoms with van der Waals surface area (Å²) in [6.45, 7) is 2.13. The van der Waals surface area contributed by atoms with Gasteiger partial charge in [-0.2, -0.15) is 9.61 Å². The van der Waals surface area contributed by atoms with E-state index in [4.69, 9.17) is 4.74 Å². The predicted molar refractivity (Wildman–Crippen MR) is 94.8 cm³/mol. The van der Waals surface area contributed by atoms with Gasteiger partial charge in [-0.15, -0.1) is 0 Å². The van der Waals surface area contributed by atoms with E-state index in [0.29, 0.717) is 39.8 Å². The fourth-order valence-electron chi connectivity index (χ4n) is 2.81. The molecule has 0 aliphatic carbocycles. The van der Waals surface area contributed by atoms with E-state index in [9.17, 15) is 9.18 Å². The second-order valence-corrected chi connectivity index (χ2v) is 5.88. The average molecular weight is 356 g/mol. The number of carbonyl (C=O) groups is 1. The van der Waals surface area contributed by atoms with E-state index >= 15 is 0 Å². The Morgan fingerprint density at radius 2 is 2.19 bits per heavy atom. The van der Waals surface area contributed by atoms with Gasteiger partial charge in [-0.05, 0) is 13.0 Å². The Morgan fingerprint density at radius 3 is 3.00 bits per heavy atom. The Kier molecular flexibility index (Phi) is 3.83. The summed E-state index contributed by atoms with van der Waals surface area (Å²) in [5.74, 6) is 0.812. The van der Waals surface area contributed by atoms with Crippen LogP contribution >= 0.6 is 0 Å². The highest BCUT2D eigenvalue weighted by Gasteiger charge is 2.18. The number of benzene rings is 1. The van der Waals surface area contributed by atoms with Crippen LogP contribution in [0.15, 0.2) is 24.4 Å². The zero-order chi connectivity index (χ0) is 18.3. The number of hydrogen-bond donors (Lipinski definition) is 3. The van der Waals surface area contributed by atoms with E-state index in [1.807, 2.05) is 0 Å². The van der Waals surface area contributed by atoms with E-state index in [2.05, 4.69) is 26.0 Å². The van der Waals surface area contributed by atoms with Gasteiger partial charge in [0.1, 0.15) is 35.4 Å². The van der Waals surface area contributed by atoms with Crippen LogP contribution < -0.4 is 20.7 Å². The first-order chi connectivity index (χ1) is 12.6. The van der Waals surface area contributed by atoms with E-state index in [0.717, 1.165) is 0 Å². The van der Waals surface area contributed by atoms with Gasteiger partial charge in [0, 0.05) is 30.4 Å². The molecule has 1 amide bonds. The Morgan fingerprint density at radius 1 is 1.35 bits per heavy atom. The fraction of sp³-hybridized carbons (Fsp3) is 0.235. The number of nitrogens with one attached hydrogen (secondary N) is 3. The largest absolute Gasteiger partial charge is 0.491 e. The van der Waals surface area contributed by atoms with Gasteiger partial charge in [-0.1, -0.05) is 0 Å². The first kappa shape index (κ1) is 16.1. The van der Waals surface area contributed by atoms with Crippen LogP contribution in [-0.2, 0) is 0 Å². The van der Waals surface area contributed by atoms with Crippen molar-refractivity contribution in [2.24, 2.45) is 0 Å². The summed E-state index contributed by atoms with van der Waals surface area (Å²) < 4.78 is 21.4. The topological polar surface area (TPSA) is 92.6 Å². The highest BCUT2D eigenvalue weighted by Crippen LogP contribution is 2.29. The molecule has 0 saturated carbocycles. The van der Waals surface area contributed by atoms with Crippen molar-refractivity contribution in [3.63, 3.8) is 0 Å². The number of halogens is 1. The van der Waals surface area contributed by atoms with Crippen molar-refractivity contribution in [3.8, 4) is 5.75 Å². The maximum atomic E-state index is 14.2. The van der Waals surface area contributed by atoms with Gasteiger partial charge in [0.05, 0.1) is 12.7 Å². The zero-order valence-corrected chi connectivity index (χ0v) is 14.3. The van der Waals surface area contributed by atoms with Gasteiger partial charge in [0.25, 0.3) is 5.91 Å². The maximum absolute atomic E-state index is 14.2. The average Bonchev–Trinajstić information content (AvgIpc) is 3.05. The lowest BCUT2D eigenvalue weighted by atomic mass is 10.2. The highest BCUT2D eigenvalue weighted by atomic mass is 19.1. The third kappa shape index (κ3) is 2.67. The first-order valence-corrected chi connectivity index (χ1v) is 8.11. The third-order valence-corrected chi connectivity index (χ3v) is 4.19. The summed E-state index contributed by atoms with van der Waals surface area (Å²) >= 11 is 0. The quantitative estimate of drug-likeness (QED) is 0.618. The lowest BCUT2D eigenvalue weighted by Crippen LogP contribution is -2.28. The van der Waals surface area contributed by atoms with Crippen molar-refractivity contribution in [1.82, 2.24) is 19.9 Å². The molecule has 1 aliphatic rings. The van der Waals surface area contributed by atoms with Crippen molar-refractivity contribution in [2.75, 3.05) is 30.8 Å². The molecular weight excluding hydrogens is 339 g/mol. The predicted octanol–water partition coefficient (Wildman–Crippen LogP) is 2.08. The Labute approximate surface area is 148 Å². The minimum atomic E-state index is -0.385. The summed E-state index contributed by atoms with van der Waals surface area (Å²) in [6.07, 6.45) is 1.46. The van der Waals surface area contributed by atoms with Crippen LogP contribution in [0.4, 0.5) is 21.7 Å². The third-order valence-electron chi connectivity index (χ3n) is 4.19. The number of amides is 1. The summed E-state index contributed by atoms with van der Waals surface area (Å²) in [5, 5.41) is 13.1. The van der Waals surface area contributed by atoms with E-state index in [-0.39, 0.29) is 24.9 Å². The Hall–Kier alpha value is -3.36. The SMILES string of the molecule is CNc1cc2nc3c(cnn13)C(=O)NCCOc1cc(cc(F)c1C)N2. The molecule has 1 aliphatic heterocycles. The van der Waals surface area contributed by atoms with Gasteiger partial charge in [-0.3, -0.25) is 4.79 Å². The van der Waals surface area contributed by atoms with Gasteiger partial charge >= 0.3 is 0 Å². The van der Waals surface area contributed by atoms with E-state index in [1.165, 1.54) is 16.8 Å². The standard InChI is InChI=1S/C17H17FN6O2/c1-9-12(18)5-10-6-13(9)26-4-3-20-17(25)11-8-21-24-15(19-2)7-14(22-10)23-16(11)24/h5-8,19H,3-4H2,1-2H3,(H,20,25)(H,22,23). The normalized spacial score (nSPS) is 13.9. The minimum Gasteiger partial charge on any atom is -0.491 e. The number of hydrogen-bond acceptors (Lipinski definition) is 6. The number of nitrogens with zero attached hydrogens (tertiary/aromatic N) is 3. The number of anilines is 3. The molecule has 0 unspecified atom stereocenters. The van der Waals surface area contributed by atoms with Gasteiger partial charge in [0.15, 0.2) is 5.65 Å². The van der Waals surface area contributed by atoms with Crippen molar-refractivity contribution < 1.29 is 13.9 Å². The molecule has 134 valence electrons. The summed E-state index contributed by atoms with van der Waals surface area (Å²) in [5.41, 5.74) is 1.65. The lowest BCUT2D eigenvalue weighted by molar-refractivity contribution is 0.0948. The van der Waals surface area contributed by atoms with Crippen molar-refractivity contribution in [3.05, 3.63) is 41.3 Å². The molecule has 0 spiro atoms. The van der Waals surface area contributed by atoms with Gasteiger partial charge in [-0.25, -0.2) is 9.37 Å². The number of ether oxygens (including phenoxy) is 1. The smallest absolute Gasteiger partial charge is 0.256 e. The molecule has 0 radical (unpaired) electrons. The Balaban J connectivity index is 1.90. The summed E-state index contributed by atoms with van der Waals surface area (Å²) in [7, 11) is 1.74. The molecule has 4 rings (SSSR count). The molecule has 3 heterocycles. The van der Waals surface area contributed by atoms with Crippen LogP contribution in [0.5, 0.6) is 5.75 Å². The number of rotatable bonds is 1. The number of fused-ring (bicyclic) bond motifs is 3. The van der Waals surface area contributed by atoms with E-state index < -0.39 is 0 Å². The minimum absolute atomic E-state index is 0.215. The lowest BCUT2D eigenvalue weighted by Gasteiger charge is -2.13. The first-order valence-electron chi connectivity index (χ1n) is 8.11. The molecule has 9 heteroatoms. The Bertz CT molecular complexity index is 1020. The molecule has 0 fully saturated rings. The van der Waals surface area contributed by atoms with Gasteiger partial charge < -0.3 is 20.7 Å². The van der Waals surface area contributed by atoms with Crippen LogP contribution in [0, 0.1) is 12.7 Å². The molecule has 26 heavy (non-hydrogen) atoms. The van der Waals surface area contributed by atoms with Crippen LogP contribution in [0.2, 0.25) is 0 Å². The molecular formula is C17H17FN6O2. The number of aromatic nitrogens is 3. The summed E-state index contributed by atoms with van der Waals surface area (Å²) in [6, 6.07) is 4.81. The molecule has 3 N–H and O–H groups in total. The maximum Gasteiger partial charge on any atom is 0.256 e. The van der Waals surface area contributed by atoms with Crippen molar-refractivity contribution in [1.29, 1.82) is 0 Å². The second-order valence-electron chi connectivity index (χ2n) is 5.88. The second kappa shape index (κ2) is 6.17. The van der Waals surface area contributed by atoms with Crippen molar-refractivity contribution >= 4 is 28.9 Å². The molecule has 8 nitrogen and oxygen atoms in total. The molecule has 3 aromatic rings. The van der Waals surface area contributed by atoms with Crippen LogP contribution in [0.25, 0.3) is 5.65 Å². The highest BCUT2D eigenvalue weighted by molar-refractivity contribution is 6.00. The van der Waals surface area contributed by atoms with Crippen LogP contribution in [-0.4, -0.2) is 40.7 Å². The molecule has 1 aromatic carbocycles. The number of carbonyl (C=O) groups excluding carboxylic acids is 1. The molecule has 4 bridgehead atoms. The zero-order valence-electron chi connectivity index (χ0n) is 14.3. The van der Waals surface area contributed by atoms with Crippen molar-refractivity contribution in [2.45, 2.75) is 6.92 Å². The van der Waals surface area contributed by atoms with E-state index in [1.54, 1.807) is 26.1 Å². The summed E-state index contributed by atoms with van der Waals surface area (Å²) in [4.78, 5) is 16.9. The molecule has 0 atom stereocenters. The van der Waals surface area contributed by atoms with Crippen LogP contribution in [0.3, 0.4) is 0 Å². The van der Waals surface area contributed by atoms with Gasteiger partial charge in [0.2, 0.25) is 0 Å².